The topological polar surface area (TPSA) is 72.3 Å². The quantitative estimate of drug-likeness (QED) is 0.842. The largest absolute Gasteiger partial charge is 0.288 e. The highest BCUT2D eigenvalue weighted by Gasteiger charge is 2.30. The number of hydrogen-bond acceptors (Lipinski definition) is 4. The Morgan fingerprint density at radius 2 is 1.83 bits per heavy atom. The van der Waals surface area contributed by atoms with Crippen molar-refractivity contribution in [2.24, 2.45) is 0 Å². The molecule has 0 aliphatic carbocycles. The summed E-state index contributed by atoms with van der Waals surface area (Å²) >= 11 is 0. The molecule has 0 atom stereocenters. The third-order valence-corrected chi connectivity index (χ3v) is 5.35. The molecule has 1 heterocycles. The van der Waals surface area contributed by atoms with Crippen LogP contribution >= 0.6 is 0 Å². The van der Waals surface area contributed by atoms with Crippen molar-refractivity contribution in [3.63, 3.8) is 0 Å². The van der Waals surface area contributed by atoms with Crippen molar-refractivity contribution in [1.82, 2.24) is 14.1 Å². The van der Waals surface area contributed by atoms with Crippen LogP contribution in [0.1, 0.15) is 42.9 Å². The number of rotatable bonds is 5. The zero-order valence-electron chi connectivity index (χ0n) is 13.7. The summed E-state index contributed by atoms with van der Waals surface area (Å²) in [5.74, 6) is -0.618. The zero-order chi connectivity index (χ0) is 17.2. The van der Waals surface area contributed by atoms with Crippen molar-refractivity contribution >= 4 is 15.9 Å². The van der Waals surface area contributed by atoms with Crippen LogP contribution in [0.5, 0.6) is 0 Å². The van der Waals surface area contributed by atoms with Crippen LogP contribution in [0.25, 0.3) is 0 Å². The van der Waals surface area contributed by atoms with Gasteiger partial charge in [0, 0.05) is 18.8 Å². The first-order chi connectivity index (χ1) is 10.8. The number of amides is 1. The number of aromatic nitrogens is 2. The first-order valence-electron chi connectivity index (χ1n) is 7.46. The van der Waals surface area contributed by atoms with E-state index in [1.165, 1.54) is 18.2 Å². The van der Waals surface area contributed by atoms with Crippen LogP contribution in [0, 0.1) is 6.92 Å². The van der Waals surface area contributed by atoms with Gasteiger partial charge in [-0.25, -0.2) is 12.7 Å². The number of hydrogen-bond donors (Lipinski definition) is 0. The molecule has 7 heteroatoms. The van der Waals surface area contributed by atoms with E-state index in [9.17, 15) is 13.2 Å². The van der Waals surface area contributed by atoms with E-state index in [2.05, 4.69) is 5.10 Å². The Labute approximate surface area is 136 Å². The van der Waals surface area contributed by atoms with Gasteiger partial charge < -0.3 is 0 Å². The molecule has 0 unspecified atom stereocenters. The van der Waals surface area contributed by atoms with Gasteiger partial charge >= 0.3 is 0 Å². The lowest BCUT2D eigenvalue weighted by molar-refractivity contribution is 0.0859. The van der Waals surface area contributed by atoms with Crippen molar-refractivity contribution in [2.45, 2.75) is 38.6 Å². The summed E-state index contributed by atoms with van der Waals surface area (Å²) < 4.78 is 27.9. The van der Waals surface area contributed by atoms with Crippen LogP contribution in [0.4, 0.5) is 0 Å². The maximum atomic E-state index is 12.7. The van der Waals surface area contributed by atoms with Crippen molar-refractivity contribution in [3.05, 3.63) is 47.8 Å². The van der Waals surface area contributed by atoms with Crippen LogP contribution in [0.15, 0.2) is 41.4 Å². The smallest absolute Gasteiger partial charge is 0.269 e. The van der Waals surface area contributed by atoms with Crippen molar-refractivity contribution in [2.75, 3.05) is 6.54 Å². The molecular weight excluding hydrogens is 314 g/mol. The van der Waals surface area contributed by atoms with Gasteiger partial charge in [-0.2, -0.15) is 5.10 Å². The summed E-state index contributed by atoms with van der Waals surface area (Å²) in [7, 11) is -3.89. The monoisotopic (exact) mass is 335 g/mol. The van der Waals surface area contributed by atoms with Crippen molar-refractivity contribution < 1.29 is 13.2 Å². The van der Waals surface area contributed by atoms with Gasteiger partial charge in [-0.3, -0.25) is 9.48 Å². The second-order valence-corrected chi connectivity index (χ2v) is 7.43. The van der Waals surface area contributed by atoms with Crippen LogP contribution in [-0.2, 0) is 10.0 Å². The highest BCUT2D eigenvalue weighted by atomic mass is 32.2. The molecule has 0 aliphatic rings. The molecule has 0 N–H and O–H groups in total. The second kappa shape index (κ2) is 6.54. The molecular formula is C16H21N3O3S. The van der Waals surface area contributed by atoms with E-state index in [0.29, 0.717) is 0 Å². The van der Waals surface area contributed by atoms with E-state index in [0.717, 1.165) is 9.87 Å². The number of carbonyl (C=O) groups is 1. The summed E-state index contributed by atoms with van der Waals surface area (Å²) in [4.78, 5) is 12.7. The van der Waals surface area contributed by atoms with E-state index >= 15 is 0 Å². The minimum Gasteiger partial charge on any atom is -0.269 e. The summed E-state index contributed by atoms with van der Waals surface area (Å²) in [5, 5.41) is 4.16. The van der Waals surface area contributed by atoms with Crippen molar-refractivity contribution in [3.8, 4) is 0 Å². The Morgan fingerprint density at radius 1 is 1.22 bits per heavy atom. The molecule has 1 amide bonds. The Hall–Kier alpha value is -2.15. The van der Waals surface area contributed by atoms with Gasteiger partial charge in [0.1, 0.15) is 0 Å². The first-order valence-corrected chi connectivity index (χ1v) is 8.90. The predicted molar refractivity (Wildman–Crippen MR) is 87.7 cm³/mol. The fourth-order valence-electron chi connectivity index (χ4n) is 2.13. The number of nitrogens with zero attached hydrogens (tertiary/aromatic N) is 3. The third-order valence-electron chi connectivity index (χ3n) is 3.48. The molecule has 0 bridgehead atoms. The minimum absolute atomic E-state index is 0.0452. The van der Waals surface area contributed by atoms with Gasteiger partial charge in [0.25, 0.3) is 15.9 Å². The molecule has 0 fully saturated rings. The number of benzene rings is 1. The minimum atomic E-state index is -3.89. The Kier molecular flexibility index (Phi) is 4.89. The molecule has 1 aromatic heterocycles. The van der Waals surface area contributed by atoms with Gasteiger partial charge in [0.05, 0.1) is 4.90 Å². The van der Waals surface area contributed by atoms with Gasteiger partial charge in [-0.15, -0.1) is 0 Å². The fraction of sp³-hybridized carbons (Fsp3) is 0.375. The molecule has 0 saturated carbocycles. The highest BCUT2D eigenvalue weighted by Crippen LogP contribution is 2.18. The molecule has 0 radical (unpaired) electrons. The third kappa shape index (κ3) is 3.44. The Bertz CT molecular complexity index is 792. The molecule has 1 aromatic carbocycles. The maximum Gasteiger partial charge on any atom is 0.288 e. The van der Waals surface area contributed by atoms with Gasteiger partial charge in [0.15, 0.2) is 5.69 Å². The number of carbonyl (C=O) groups excluding carboxylic acids is 1. The van der Waals surface area contributed by atoms with E-state index in [1.54, 1.807) is 29.9 Å². The second-order valence-electron chi connectivity index (χ2n) is 5.56. The molecule has 0 aliphatic heterocycles. The lowest BCUT2D eigenvalue weighted by atomic mass is 10.2. The summed E-state index contributed by atoms with van der Waals surface area (Å²) in [5.41, 5.74) is 1.07. The molecule has 2 rings (SSSR count). The zero-order valence-corrected chi connectivity index (χ0v) is 14.5. The van der Waals surface area contributed by atoms with Gasteiger partial charge in [-0.05, 0) is 45.9 Å². The summed E-state index contributed by atoms with van der Waals surface area (Å²) in [6.45, 7) is 7.41. The maximum absolute atomic E-state index is 12.7. The fourth-order valence-corrected chi connectivity index (χ4v) is 3.51. The molecule has 2 aromatic rings. The Morgan fingerprint density at radius 3 is 2.30 bits per heavy atom. The van der Waals surface area contributed by atoms with Gasteiger partial charge in [-0.1, -0.05) is 17.7 Å². The average molecular weight is 335 g/mol. The number of sulfonamides is 1. The lowest BCUT2D eigenvalue weighted by Crippen LogP contribution is -2.37. The first kappa shape index (κ1) is 17.2. The Balaban J connectivity index is 2.37. The molecule has 0 spiro atoms. The SMILES string of the molecule is CCN(C(=O)c1ccn(C(C)C)n1)S(=O)(=O)c1ccc(C)cc1. The van der Waals surface area contributed by atoms with Crippen LogP contribution in [-0.4, -0.2) is 35.0 Å². The highest BCUT2D eigenvalue weighted by molar-refractivity contribution is 7.89. The number of aryl methyl sites for hydroxylation is 1. The van der Waals surface area contributed by atoms with E-state index < -0.39 is 15.9 Å². The van der Waals surface area contributed by atoms with E-state index in [4.69, 9.17) is 0 Å². The van der Waals surface area contributed by atoms with Crippen LogP contribution < -0.4 is 0 Å². The predicted octanol–water partition coefficient (Wildman–Crippen LogP) is 2.62. The van der Waals surface area contributed by atoms with Crippen LogP contribution in [0.3, 0.4) is 0 Å². The summed E-state index contributed by atoms with van der Waals surface area (Å²) in [6.07, 6.45) is 1.67. The normalized spacial score (nSPS) is 11.7. The summed E-state index contributed by atoms with van der Waals surface area (Å²) in [6, 6.07) is 8.06. The van der Waals surface area contributed by atoms with Gasteiger partial charge in [0.2, 0.25) is 0 Å². The van der Waals surface area contributed by atoms with Crippen LogP contribution in [0.2, 0.25) is 0 Å². The molecule has 124 valence electrons. The average Bonchev–Trinajstić information content (AvgIpc) is 2.98. The lowest BCUT2D eigenvalue weighted by Gasteiger charge is -2.20. The standard InChI is InChI=1S/C16H21N3O3S/c1-5-19(16(20)15-10-11-18(17-15)12(2)3)23(21,22)14-8-6-13(4)7-9-14/h6-12H,5H2,1-4H3. The van der Waals surface area contributed by atoms with E-state index in [-0.39, 0.29) is 23.2 Å². The van der Waals surface area contributed by atoms with E-state index in [1.807, 2.05) is 20.8 Å². The molecule has 0 saturated heterocycles. The molecule has 23 heavy (non-hydrogen) atoms. The molecule has 6 nitrogen and oxygen atoms in total. The van der Waals surface area contributed by atoms with Crippen molar-refractivity contribution in [1.29, 1.82) is 0 Å².